The minimum atomic E-state index is 1.03. The molecule has 23 heavy (non-hydrogen) atoms. The fraction of sp³-hybridized carbons (Fsp3) is 0.429. The van der Waals surface area contributed by atoms with Crippen LogP contribution in [-0.2, 0) is 4.79 Å². The summed E-state index contributed by atoms with van der Waals surface area (Å²) in [6.07, 6.45) is 6.31. The molecule has 0 N–H and O–H groups in total. The van der Waals surface area contributed by atoms with E-state index in [0.717, 1.165) is 11.3 Å². The van der Waals surface area contributed by atoms with Crippen molar-refractivity contribution in [2.45, 2.75) is 60.8 Å². The molecule has 0 aliphatic heterocycles. The summed E-state index contributed by atoms with van der Waals surface area (Å²) >= 11 is 0. The topological polar surface area (TPSA) is 30.0 Å². The summed E-state index contributed by atoms with van der Waals surface area (Å²) in [5.41, 5.74) is 2.19. The van der Waals surface area contributed by atoms with Crippen LogP contribution in [0, 0.1) is 0 Å². The lowest BCUT2D eigenvalue weighted by molar-refractivity contribution is -0.0979. The van der Waals surface area contributed by atoms with Gasteiger partial charge in [0.15, 0.2) is 0 Å². The third-order valence-electron chi connectivity index (χ3n) is 2.09. The number of carbonyl (C=O) groups excluding carboxylic acids is 1. The molecular formula is C21H35NO. The van der Waals surface area contributed by atoms with Gasteiger partial charge >= 0.3 is 0 Å². The van der Waals surface area contributed by atoms with E-state index in [1.165, 1.54) is 19.3 Å². The standard InChI is InChI=1S/C11H9N.C3H6.3C2H6.CH2O/c1-2-6-10(7-3-1)11-8-4-5-9-12-11;1-2-3-1;4*1-2/h1-9H;1-3H2;3*1-2H3;1H2. The van der Waals surface area contributed by atoms with Crippen LogP contribution in [0.15, 0.2) is 54.7 Å². The summed E-state index contributed by atoms with van der Waals surface area (Å²) in [5, 5.41) is 0. The molecule has 130 valence electrons. The number of rotatable bonds is 1. The first-order valence-electron chi connectivity index (χ1n) is 8.72. The molecule has 0 radical (unpaired) electrons. The van der Waals surface area contributed by atoms with E-state index in [1.807, 2.05) is 90.9 Å². The highest BCUT2D eigenvalue weighted by atomic mass is 16.1. The molecular weight excluding hydrogens is 282 g/mol. The third-order valence-corrected chi connectivity index (χ3v) is 2.09. The highest BCUT2D eigenvalue weighted by Crippen LogP contribution is 2.15. The minimum absolute atomic E-state index is 1.03. The van der Waals surface area contributed by atoms with Crippen LogP contribution >= 0.6 is 0 Å². The van der Waals surface area contributed by atoms with Crippen LogP contribution in [0.3, 0.4) is 0 Å². The molecule has 3 rings (SSSR count). The van der Waals surface area contributed by atoms with Gasteiger partial charge in [-0.05, 0) is 12.1 Å². The Morgan fingerprint density at radius 1 is 0.696 bits per heavy atom. The third kappa shape index (κ3) is 18.0. The van der Waals surface area contributed by atoms with Gasteiger partial charge in [-0.2, -0.15) is 0 Å². The lowest BCUT2D eigenvalue weighted by Gasteiger charge is -1.97. The highest BCUT2D eigenvalue weighted by molar-refractivity contribution is 5.58. The van der Waals surface area contributed by atoms with Gasteiger partial charge in [0, 0.05) is 11.8 Å². The van der Waals surface area contributed by atoms with Gasteiger partial charge in [-0.1, -0.05) is 97.2 Å². The molecule has 0 bridgehead atoms. The van der Waals surface area contributed by atoms with Gasteiger partial charge in [0.25, 0.3) is 0 Å². The minimum Gasteiger partial charge on any atom is -0.307 e. The van der Waals surface area contributed by atoms with Gasteiger partial charge in [-0.15, -0.1) is 0 Å². The smallest absolute Gasteiger partial charge is 0.106 e. The van der Waals surface area contributed by atoms with Crippen molar-refractivity contribution in [1.29, 1.82) is 0 Å². The van der Waals surface area contributed by atoms with E-state index in [0.29, 0.717) is 0 Å². The molecule has 2 aromatic rings. The van der Waals surface area contributed by atoms with Crippen LogP contribution in [0.4, 0.5) is 0 Å². The predicted molar refractivity (Wildman–Crippen MR) is 105 cm³/mol. The molecule has 1 saturated carbocycles. The Morgan fingerprint density at radius 3 is 1.48 bits per heavy atom. The Kier molecular flexibility index (Phi) is 28.2. The van der Waals surface area contributed by atoms with Crippen LogP contribution in [0.2, 0.25) is 0 Å². The molecule has 0 amide bonds. The monoisotopic (exact) mass is 317 g/mol. The summed E-state index contributed by atoms with van der Waals surface area (Å²) in [7, 11) is 0. The van der Waals surface area contributed by atoms with Crippen molar-refractivity contribution in [1.82, 2.24) is 4.98 Å². The van der Waals surface area contributed by atoms with Gasteiger partial charge in [0.2, 0.25) is 0 Å². The summed E-state index contributed by atoms with van der Waals surface area (Å²) in [6.45, 7) is 14.0. The molecule has 1 aliphatic carbocycles. The maximum atomic E-state index is 8.00. The SMILES string of the molecule is C1CC1.C=O.CC.CC.CC.c1ccc(-c2ccccn2)cc1. The van der Waals surface area contributed by atoms with Crippen molar-refractivity contribution in [2.24, 2.45) is 0 Å². The number of carbonyl (C=O) groups is 1. The van der Waals surface area contributed by atoms with E-state index in [-0.39, 0.29) is 0 Å². The van der Waals surface area contributed by atoms with Gasteiger partial charge in [0.1, 0.15) is 6.79 Å². The predicted octanol–water partition coefficient (Wildman–Crippen LogP) is 6.81. The second-order valence-corrected chi connectivity index (χ2v) is 3.64. The zero-order valence-corrected chi connectivity index (χ0v) is 15.9. The Balaban J connectivity index is -0.000000304. The first-order valence-corrected chi connectivity index (χ1v) is 8.72. The van der Waals surface area contributed by atoms with Gasteiger partial charge in [0.05, 0.1) is 5.69 Å². The van der Waals surface area contributed by atoms with E-state index in [1.54, 1.807) is 0 Å². The average Bonchev–Trinajstić information content (AvgIpc) is 3.59. The van der Waals surface area contributed by atoms with Crippen molar-refractivity contribution in [3.63, 3.8) is 0 Å². The number of pyridine rings is 1. The number of hydrogen-bond acceptors (Lipinski definition) is 2. The molecule has 0 spiro atoms. The van der Waals surface area contributed by atoms with Crippen molar-refractivity contribution in [3.05, 3.63) is 54.7 Å². The Morgan fingerprint density at radius 2 is 1.13 bits per heavy atom. The molecule has 1 aliphatic rings. The molecule has 1 aromatic heterocycles. The first-order chi connectivity index (χ1) is 11.5. The molecule has 0 saturated heterocycles. The van der Waals surface area contributed by atoms with Gasteiger partial charge in [-0.25, -0.2) is 0 Å². The zero-order valence-electron chi connectivity index (χ0n) is 15.9. The van der Waals surface area contributed by atoms with Crippen LogP contribution in [-0.4, -0.2) is 11.8 Å². The number of benzene rings is 1. The van der Waals surface area contributed by atoms with Crippen molar-refractivity contribution in [2.75, 3.05) is 0 Å². The fourth-order valence-corrected chi connectivity index (χ4v) is 1.14. The quantitative estimate of drug-likeness (QED) is 0.578. The Hall–Kier alpha value is -1.96. The molecule has 1 heterocycles. The van der Waals surface area contributed by atoms with Gasteiger partial charge < -0.3 is 4.79 Å². The highest BCUT2D eigenvalue weighted by Gasteiger charge is 1.95. The van der Waals surface area contributed by atoms with Crippen molar-refractivity contribution in [3.8, 4) is 11.3 Å². The molecule has 1 fully saturated rings. The molecule has 0 unspecified atom stereocenters. The van der Waals surface area contributed by atoms with Crippen LogP contribution in [0.25, 0.3) is 11.3 Å². The van der Waals surface area contributed by atoms with Crippen molar-refractivity contribution < 1.29 is 4.79 Å². The van der Waals surface area contributed by atoms with E-state index in [9.17, 15) is 0 Å². The Labute approximate surface area is 144 Å². The maximum absolute atomic E-state index is 8.00. The summed E-state index contributed by atoms with van der Waals surface area (Å²) in [4.78, 5) is 12.2. The zero-order chi connectivity index (χ0) is 18.3. The molecule has 2 nitrogen and oxygen atoms in total. The van der Waals surface area contributed by atoms with E-state index >= 15 is 0 Å². The van der Waals surface area contributed by atoms with E-state index < -0.39 is 0 Å². The van der Waals surface area contributed by atoms with E-state index in [4.69, 9.17) is 4.79 Å². The number of nitrogens with zero attached hydrogens (tertiary/aromatic N) is 1. The largest absolute Gasteiger partial charge is 0.307 e. The summed E-state index contributed by atoms with van der Waals surface area (Å²) in [6, 6.07) is 16.1. The summed E-state index contributed by atoms with van der Waals surface area (Å²) < 4.78 is 0. The lowest BCUT2D eigenvalue weighted by atomic mass is 10.1. The molecule has 2 heteroatoms. The van der Waals surface area contributed by atoms with Crippen LogP contribution in [0.1, 0.15) is 60.8 Å². The number of aromatic nitrogens is 1. The van der Waals surface area contributed by atoms with E-state index in [2.05, 4.69) is 17.1 Å². The molecule has 1 aromatic carbocycles. The summed E-state index contributed by atoms with van der Waals surface area (Å²) in [5.74, 6) is 0. The Bertz CT molecular complexity index is 358. The second-order valence-electron chi connectivity index (χ2n) is 3.64. The number of hydrogen-bond donors (Lipinski definition) is 0. The van der Waals surface area contributed by atoms with Gasteiger partial charge in [-0.3, -0.25) is 4.98 Å². The molecule has 0 atom stereocenters. The fourth-order valence-electron chi connectivity index (χ4n) is 1.14. The van der Waals surface area contributed by atoms with Crippen molar-refractivity contribution >= 4 is 6.79 Å². The first kappa shape index (κ1) is 26.0. The average molecular weight is 318 g/mol. The maximum Gasteiger partial charge on any atom is 0.106 e. The second kappa shape index (κ2) is 25.0. The van der Waals surface area contributed by atoms with Crippen LogP contribution < -0.4 is 0 Å². The van der Waals surface area contributed by atoms with Crippen LogP contribution in [0.5, 0.6) is 0 Å². The lowest BCUT2D eigenvalue weighted by Crippen LogP contribution is -1.79. The normalized spacial score (nSPS) is 9.13.